The molecule has 3 N–H and O–H groups in total. The van der Waals surface area contributed by atoms with Gasteiger partial charge in [-0.25, -0.2) is 13.8 Å². The molecule has 5 rings (SSSR count). The zero-order chi connectivity index (χ0) is 29.8. The monoisotopic (exact) mass is 569 g/mol. The minimum absolute atomic E-state index is 0.0285. The Morgan fingerprint density at radius 2 is 1.64 bits per heavy atom. The second-order valence-electron chi connectivity index (χ2n) is 10.1. The molecule has 0 aliphatic carbocycles. The molecule has 1 atom stereocenters. The van der Waals surface area contributed by atoms with Gasteiger partial charge in [0.1, 0.15) is 18.3 Å². The summed E-state index contributed by atoms with van der Waals surface area (Å²) in [5, 5.41) is 13.9. The van der Waals surface area contributed by atoms with Gasteiger partial charge in [0.15, 0.2) is 11.2 Å². The summed E-state index contributed by atoms with van der Waals surface area (Å²) in [6.07, 6.45) is 7.45. The molecular formula is C32H29F2N5O3. The number of hydrogen-bond donors (Lipinski definition) is 2. The number of nitrogens with zero attached hydrogens (tertiary/aromatic N) is 4. The van der Waals surface area contributed by atoms with Crippen LogP contribution in [-0.4, -0.2) is 43.0 Å². The summed E-state index contributed by atoms with van der Waals surface area (Å²) in [5.41, 5.74) is 10.1. The van der Waals surface area contributed by atoms with E-state index in [2.05, 4.69) is 10.1 Å². The van der Waals surface area contributed by atoms with Gasteiger partial charge in [-0.1, -0.05) is 36.4 Å². The quantitative estimate of drug-likeness (QED) is 0.230. The molecule has 0 saturated heterocycles. The van der Waals surface area contributed by atoms with Crippen LogP contribution in [0.1, 0.15) is 22.8 Å². The molecule has 5 aromatic rings. The van der Waals surface area contributed by atoms with Gasteiger partial charge in [-0.2, -0.15) is 5.10 Å². The second-order valence-corrected chi connectivity index (χ2v) is 10.1. The number of hydrogen-bond acceptors (Lipinski definition) is 6. The molecule has 0 amide bonds. The zero-order valence-corrected chi connectivity index (χ0v) is 22.9. The average Bonchev–Trinajstić information content (AvgIpc) is 3.43. The molecule has 0 aliphatic heterocycles. The Kier molecular flexibility index (Phi) is 8.35. The Labute approximate surface area is 240 Å². The van der Waals surface area contributed by atoms with E-state index < -0.39 is 29.8 Å². The van der Waals surface area contributed by atoms with Crippen LogP contribution in [0.15, 0.2) is 90.4 Å². The summed E-state index contributed by atoms with van der Waals surface area (Å²) in [6, 6.07) is 14.5. The van der Waals surface area contributed by atoms with Crippen molar-refractivity contribution in [1.82, 2.24) is 19.3 Å². The molecule has 10 heteroatoms. The van der Waals surface area contributed by atoms with Crippen LogP contribution in [0, 0.1) is 5.82 Å². The highest BCUT2D eigenvalue weighted by molar-refractivity contribution is 5.98. The first-order valence-corrected chi connectivity index (χ1v) is 13.4. The number of anilines is 1. The van der Waals surface area contributed by atoms with Crippen LogP contribution in [0.4, 0.5) is 14.6 Å². The molecule has 0 fully saturated rings. The van der Waals surface area contributed by atoms with Crippen LogP contribution < -0.4 is 11.2 Å². The van der Waals surface area contributed by atoms with E-state index in [4.69, 9.17) is 5.73 Å². The third kappa shape index (κ3) is 6.34. The lowest BCUT2D eigenvalue weighted by molar-refractivity contribution is 0.0991. The summed E-state index contributed by atoms with van der Waals surface area (Å²) in [7, 11) is 0. The van der Waals surface area contributed by atoms with Gasteiger partial charge >= 0.3 is 0 Å². The van der Waals surface area contributed by atoms with Crippen LogP contribution in [0.3, 0.4) is 0 Å². The molecule has 0 aliphatic rings. The van der Waals surface area contributed by atoms with E-state index in [0.29, 0.717) is 29.1 Å². The number of pyridine rings is 2. The van der Waals surface area contributed by atoms with Crippen molar-refractivity contribution in [3.8, 4) is 33.4 Å². The fourth-order valence-corrected chi connectivity index (χ4v) is 4.72. The highest BCUT2D eigenvalue weighted by Gasteiger charge is 2.17. The molecule has 2 aromatic carbocycles. The number of nitrogen functional groups attached to an aromatic ring is 1. The number of benzene rings is 2. The topological polar surface area (TPSA) is 116 Å². The summed E-state index contributed by atoms with van der Waals surface area (Å²) >= 11 is 0. The molecule has 1 unspecified atom stereocenters. The number of ketones is 1. The van der Waals surface area contributed by atoms with Crippen molar-refractivity contribution in [1.29, 1.82) is 0 Å². The number of carbonyl (C=O) groups is 1. The Morgan fingerprint density at radius 1 is 0.952 bits per heavy atom. The third-order valence-corrected chi connectivity index (χ3v) is 6.84. The first kappa shape index (κ1) is 28.6. The minimum Gasteiger partial charge on any atom is -0.391 e. The average molecular weight is 570 g/mol. The predicted molar refractivity (Wildman–Crippen MR) is 157 cm³/mol. The standard InChI is InChI=1S/C32H29F2N5O3/c1-20(40)16-39-17-25(15-37-39)24-13-27(32(35)36-14-24)22-4-2-21(3-5-22)12-30(41)29-19-38(11-10-33)18-28(31(29)42)23-6-8-26(34)9-7-23/h2-9,13-15,17-20,40H,10-12,16H2,1H3,(H2,35,36). The van der Waals surface area contributed by atoms with Gasteiger partial charge in [0, 0.05) is 53.5 Å². The smallest absolute Gasteiger partial charge is 0.200 e. The number of Topliss-reactive ketones (excluding diaryl/α,β-unsaturated/α-hetero) is 1. The fourth-order valence-electron chi connectivity index (χ4n) is 4.72. The van der Waals surface area contributed by atoms with E-state index in [-0.39, 0.29) is 24.1 Å². The van der Waals surface area contributed by atoms with E-state index in [1.54, 1.807) is 36.1 Å². The van der Waals surface area contributed by atoms with Crippen LogP contribution >= 0.6 is 0 Å². The number of carbonyl (C=O) groups excluding carboxylic acids is 1. The van der Waals surface area contributed by atoms with Gasteiger partial charge in [-0.05, 0) is 41.8 Å². The fraction of sp³-hybridized carbons (Fsp3) is 0.188. The van der Waals surface area contributed by atoms with Crippen molar-refractivity contribution in [3.63, 3.8) is 0 Å². The van der Waals surface area contributed by atoms with Gasteiger partial charge in [0.25, 0.3) is 0 Å². The molecule has 42 heavy (non-hydrogen) atoms. The van der Waals surface area contributed by atoms with E-state index >= 15 is 0 Å². The van der Waals surface area contributed by atoms with Crippen molar-refractivity contribution in [2.75, 3.05) is 12.4 Å². The zero-order valence-electron chi connectivity index (χ0n) is 22.9. The van der Waals surface area contributed by atoms with Crippen LogP contribution in [0.2, 0.25) is 0 Å². The maximum absolute atomic E-state index is 13.4. The van der Waals surface area contributed by atoms with Gasteiger partial charge in [-0.15, -0.1) is 0 Å². The van der Waals surface area contributed by atoms with E-state index in [0.717, 1.165) is 16.7 Å². The Hall–Kier alpha value is -4.96. The molecule has 0 radical (unpaired) electrons. The van der Waals surface area contributed by atoms with Crippen molar-refractivity contribution in [3.05, 3.63) is 113 Å². The van der Waals surface area contributed by atoms with Crippen molar-refractivity contribution < 1.29 is 18.7 Å². The Bertz CT molecular complexity index is 1780. The summed E-state index contributed by atoms with van der Waals surface area (Å²) in [4.78, 5) is 30.9. The number of alkyl halides is 1. The van der Waals surface area contributed by atoms with Crippen LogP contribution in [-0.2, 0) is 19.5 Å². The first-order valence-electron chi connectivity index (χ1n) is 13.4. The molecule has 0 bridgehead atoms. The number of aromatic nitrogens is 4. The van der Waals surface area contributed by atoms with E-state index in [9.17, 15) is 23.5 Å². The number of aliphatic hydroxyl groups is 1. The lowest BCUT2D eigenvalue weighted by Crippen LogP contribution is -2.21. The Balaban J connectivity index is 1.39. The SMILES string of the molecule is CC(O)Cn1cc(-c2cnc(N)c(-c3ccc(CC(=O)c4cn(CCF)cc(-c5ccc(F)cc5)c4=O)cc3)c2)cn1. The maximum Gasteiger partial charge on any atom is 0.200 e. The van der Waals surface area contributed by atoms with Gasteiger partial charge in [0.2, 0.25) is 0 Å². The number of halogens is 2. The highest BCUT2D eigenvalue weighted by Crippen LogP contribution is 2.30. The number of aliphatic hydroxyl groups excluding tert-OH is 1. The lowest BCUT2D eigenvalue weighted by Gasteiger charge is -2.11. The predicted octanol–water partition coefficient (Wildman–Crippen LogP) is 4.94. The summed E-state index contributed by atoms with van der Waals surface area (Å²) in [6.45, 7) is 1.36. The first-order chi connectivity index (χ1) is 20.2. The number of rotatable bonds is 10. The van der Waals surface area contributed by atoms with E-state index in [1.807, 2.05) is 24.4 Å². The molecule has 0 saturated carbocycles. The molecule has 0 spiro atoms. The largest absolute Gasteiger partial charge is 0.391 e. The van der Waals surface area contributed by atoms with Crippen LogP contribution in [0.5, 0.6) is 0 Å². The number of aryl methyl sites for hydroxylation is 1. The summed E-state index contributed by atoms with van der Waals surface area (Å²) < 4.78 is 29.7. The second kappa shape index (κ2) is 12.3. The summed E-state index contributed by atoms with van der Waals surface area (Å²) in [5.74, 6) is -0.529. The maximum atomic E-state index is 13.4. The van der Waals surface area contributed by atoms with Crippen molar-refractivity contribution in [2.45, 2.75) is 32.5 Å². The van der Waals surface area contributed by atoms with Gasteiger partial charge < -0.3 is 15.4 Å². The Morgan fingerprint density at radius 3 is 2.33 bits per heavy atom. The normalized spacial score (nSPS) is 11.9. The third-order valence-electron chi connectivity index (χ3n) is 6.84. The van der Waals surface area contributed by atoms with E-state index in [1.165, 1.54) is 41.2 Å². The van der Waals surface area contributed by atoms with Crippen molar-refractivity contribution in [2.24, 2.45) is 0 Å². The van der Waals surface area contributed by atoms with Gasteiger partial charge in [-0.3, -0.25) is 14.3 Å². The van der Waals surface area contributed by atoms with Crippen molar-refractivity contribution >= 4 is 11.6 Å². The molecule has 3 aromatic heterocycles. The number of nitrogens with two attached hydrogens (primary N) is 1. The minimum atomic E-state index is -0.676. The lowest BCUT2D eigenvalue weighted by atomic mass is 9.97. The van der Waals surface area contributed by atoms with Crippen LogP contribution in [0.25, 0.3) is 33.4 Å². The highest BCUT2D eigenvalue weighted by atomic mass is 19.1. The molecular weight excluding hydrogens is 540 g/mol. The molecule has 8 nitrogen and oxygen atoms in total. The molecule has 214 valence electrons. The van der Waals surface area contributed by atoms with Gasteiger partial charge in [0.05, 0.1) is 31.0 Å². The molecule has 3 heterocycles.